The lowest BCUT2D eigenvalue weighted by Gasteiger charge is -2.31. The average Bonchev–Trinajstić information content (AvgIpc) is 3.23. The fourth-order valence-electron chi connectivity index (χ4n) is 4.44. The first-order valence-corrected chi connectivity index (χ1v) is 15.3. The Balaban J connectivity index is 1.67. The quantitative estimate of drug-likeness (QED) is 0.183. The van der Waals surface area contributed by atoms with Gasteiger partial charge in [0, 0.05) is 30.6 Å². The maximum absolute atomic E-state index is 13.4. The number of amidine groups is 1. The standard InChI is InChI=1S/C28H36N4O6S2/c1-19(29)30-15-7-8-22(33)16-20-11-13-21(14-12-20)17-24(27(35)36)31-26(34)25-28(2,3)39-18-32(25)40(37,38)23-9-5-4-6-10-23/h4-6,9-14,24-25H,7-8,15-18H2,1-3H3,(H2,29,30)(H,31,34)(H,35,36)/t24-,25+/m0/s1. The number of benzene rings is 2. The van der Waals surface area contributed by atoms with Gasteiger partial charge in [0.05, 0.1) is 16.6 Å². The molecule has 0 bridgehead atoms. The molecule has 1 aliphatic heterocycles. The maximum Gasteiger partial charge on any atom is 0.326 e. The highest BCUT2D eigenvalue weighted by Crippen LogP contribution is 2.42. The lowest BCUT2D eigenvalue weighted by atomic mass is 9.99. The third-order valence-corrected chi connectivity index (χ3v) is 9.93. The van der Waals surface area contributed by atoms with Gasteiger partial charge in [0.2, 0.25) is 15.9 Å². The van der Waals surface area contributed by atoms with E-state index in [0.29, 0.717) is 30.8 Å². The number of hydrogen-bond donors (Lipinski definition) is 3. The number of sulfonamides is 1. The molecular formula is C28H36N4O6S2. The Morgan fingerprint density at radius 2 is 1.75 bits per heavy atom. The van der Waals surface area contributed by atoms with Crippen LogP contribution in [0.25, 0.3) is 0 Å². The molecule has 216 valence electrons. The molecular weight excluding hydrogens is 552 g/mol. The molecule has 2 aromatic rings. The molecule has 1 saturated heterocycles. The van der Waals surface area contributed by atoms with Crippen LogP contribution in [0.15, 0.2) is 64.5 Å². The summed E-state index contributed by atoms with van der Waals surface area (Å²) < 4.78 is 27.0. The summed E-state index contributed by atoms with van der Waals surface area (Å²) in [7, 11) is -3.98. The van der Waals surface area contributed by atoms with Gasteiger partial charge in [0.15, 0.2) is 0 Å². The van der Waals surface area contributed by atoms with E-state index in [2.05, 4.69) is 10.3 Å². The van der Waals surface area contributed by atoms with E-state index < -0.39 is 38.7 Å². The fourth-order valence-corrected chi connectivity index (χ4v) is 7.63. The summed E-state index contributed by atoms with van der Waals surface area (Å²) in [5.41, 5.74) is 6.95. The summed E-state index contributed by atoms with van der Waals surface area (Å²) in [6, 6.07) is 12.5. The van der Waals surface area contributed by atoms with Crippen molar-refractivity contribution in [2.45, 2.75) is 68.2 Å². The number of nitrogens with two attached hydrogens (primary N) is 1. The molecule has 0 spiro atoms. The zero-order chi connectivity index (χ0) is 29.5. The molecule has 12 heteroatoms. The number of carboxylic acids is 1. The van der Waals surface area contributed by atoms with Crippen molar-refractivity contribution < 1.29 is 27.9 Å². The van der Waals surface area contributed by atoms with E-state index in [1.54, 1.807) is 63.2 Å². The lowest BCUT2D eigenvalue weighted by molar-refractivity contribution is -0.142. The first-order valence-electron chi connectivity index (χ1n) is 12.9. The molecule has 1 amide bonds. The number of nitrogens with zero attached hydrogens (tertiary/aromatic N) is 2. The zero-order valence-electron chi connectivity index (χ0n) is 22.9. The van der Waals surface area contributed by atoms with Crippen LogP contribution in [0.1, 0.15) is 44.7 Å². The number of carboxylic acid groups (broad SMARTS) is 1. The number of rotatable bonds is 13. The predicted molar refractivity (Wildman–Crippen MR) is 156 cm³/mol. The number of thioether (sulfide) groups is 1. The first kappa shape index (κ1) is 31.3. The van der Waals surface area contributed by atoms with Crippen LogP contribution in [0.5, 0.6) is 0 Å². The molecule has 40 heavy (non-hydrogen) atoms. The van der Waals surface area contributed by atoms with Crippen LogP contribution in [0.4, 0.5) is 0 Å². The van der Waals surface area contributed by atoms with Crippen molar-refractivity contribution in [3.8, 4) is 0 Å². The van der Waals surface area contributed by atoms with Crippen LogP contribution in [-0.2, 0) is 37.2 Å². The number of carbonyl (C=O) groups excluding carboxylic acids is 2. The van der Waals surface area contributed by atoms with Crippen molar-refractivity contribution in [2.24, 2.45) is 10.7 Å². The Kier molecular flexibility index (Phi) is 10.5. The van der Waals surface area contributed by atoms with Crippen LogP contribution < -0.4 is 11.1 Å². The van der Waals surface area contributed by atoms with E-state index in [-0.39, 0.29) is 29.4 Å². The number of nitrogens with one attached hydrogen (secondary N) is 1. The van der Waals surface area contributed by atoms with Gasteiger partial charge in [-0.25, -0.2) is 13.2 Å². The van der Waals surface area contributed by atoms with Gasteiger partial charge in [0.1, 0.15) is 17.9 Å². The summed E-state index contributed by atoms with van der Waals surface area (Å²) in [5, 5.41) is 12.4. The molecule has 0 aromatic heterocycles. The van der Waals surface area contributed by atoms with Gasteiger partial charge < -0.3 is 16.2 Å². The van der Waals surface area contributed by atoms with Crippen molar-refractivity contribution in [3.05, 3.63) is 65.7 Å². The molecule has 1 aliphatic rings. The predicted octanol–water partition coefficient (Wildman–Crippen LogP) is 2.61. The second-order valence-electron chi connectivity index (χ2n) is 10.2. The van der Waals surface area contributed by atoms with Crippen LogP contribution >= 0.6 is 11.8 Å². The van der Waals surface area contributed by atoms with Crippen LogP contribution in [0.2, 0.25) is 0 Å². The molecule has 0 aliphatic carbocycles. The number of Topliss-reactive ketones (excluding diaryl/α,β-unsaturated/α-hetero) is 1. The number of amides is 1. The molecule has 1 fully saturated rings. The minimum Gasteiger partial charge on any atom is -0.480 e. The Labute approximate surface area is 239 Å². The molecule has 10 nitrogen and oxygen atoms in total. The third-order valence-electron chi connectivity index (χ3n) is 6.56. The maximum atomic E-state index is 13.4. The second-order valence-corrected chi connectivity index (χ2v) is 13.7. The molecule has 3 rings (SSSR count). The minimum atomic E-state index is -3.98. The monoisotopic (exact) mass is 588 g/mol. The Morgan fingerprint density at radius 3 is 2.35 bits per heavy atom. The molecule has 0 radical (unpaired) electrons. The van der Waals surface area contributed by atoms with Crippen LogP contribution in [-0.4, -0.2) is 70.6 Å². The Bertz CT molecular complexity index is 1340. The zero-order valence-corrected chi connectivity index (χ0v) is 24.5. The highest BCUT2D eigenvalue weighted by atomic mass is 32.2. The number of carbonyl (C=O) groups is 3. The number of aliphatic imine (C=N–C) groups is 1. The van der Waals surface area contributed by atoms with Gasteiger partial charge in [0.25, 0.3) is 0 Å². The minimum absolute atomic E-state index is 0.00251. The second kappa shape index (κ2) is 13.4. The van der Waals surface area contributed by atoms with Gasteiger partial charge in [-0.2, -0.15) is 4.31 Å². The Morgan fingerprint density at radius 1 is 1.12 bits per heavy atom. The first-order chi connectivity index (χ1) is 18.8. The van der Waals surface area contributed by atoms with Gasteiger partial charge in [-0.1, -0.05) is 42.5 Å². The number of aliphatic carboxylic acids is 1. The van der Waals surface area contributed by atoms with E-state index in [0.717, 1.165) is 9.87 Å². The smallest absolute Gasteiger partial charge is 0.326 e. The van der Waals surface area contributed by atoms with Crippen molar-refractivity contribution in [1.82, 2.24) is 9.62 Å². The summed E-state index contributed by atoms with van der Waals surface area (Å²) >= 11 is 1.32. The Hall–Kier alpha value is -3.22. The van der Waals surface area contributed by atoms with E-state index in [9.17, 15) is 27.9 Å². The van der Waals surface area contributed by atoms with E-state index in [4.69, 9.17) is 5.73 Å². The van der Waals surface area contributed by atoms with Crippen molar-refractivity contribution in [1.29, 1.82) is 0 Å². The topological polar surface area (TPSA) is 159 Å². The summed E-state index contributed by atoms with van der Waals surface area (Å²) in [5.74, 6) is -1.28. The number of hydrogen-bond acceptors (Lipinski definition) is 7. The van der Waals surface area contributed by atoms with E-state index in [1.165, 1.54) is 23.9 Å². The van der Waals surface area contributed by atoms with Crippen molar-refractivity contribution >= 4 is 45.3 Å². The molecule has 4 N–H and O–H groups in total. The third kappa shape index (κ3) is 8.15. The highest BCUT2D eigenvalue weighted by Gasteiger charge is 2.51. The van der Waals surface area contributed by atoms with Gasteiger partial charge in [-0.3, -0.25) is 14.6 Å². The summed E-state index contributed by atoms with van der Waals surface area (Å²) in [4.78, 5) is 41.9. The van der Waals surface area contributed by atoms with Crippen LogP contribution in [0, 0.1) is 0 Å². The SMILES string of the molecule is CC(N)=NCCCC(=O)Cc1ccc(C[C@H](NC(=O)[C@H]2N(S(=O)(=O)c3ccccc3)CSC2(C)C)C(=O)O)cc1. The molecule has 2 atom stereocenters. The lowest BCUT2D eigenvalue weighted by Crippen LogP contribution is -2.56. The highest BCUT2D eigenvalue weighted by molar-refractivity contribution is 8.02. The summed E-state index contributed by atoms with van der Waals surface area (Å²) in [6.45, 7) is 5.74. The van der Waals surface area contributed by atoms with Crippen molar-refractivity contribution in [2.75, 3.05) is 12.4 Å². The fraction of sp³-hybridized carbons (Fsp3) is 0.429. The molecule has 0 unspecified atom stereocenters. The van der Waals surface area contributed by atoms with E-state index >= 15 is 0 Å². The van der Waals surface area contributed by atoms with E-state index in [1.807, 2.05) is 0 Å². The number of ketones is 1. The molecule has 0 saturated carbocycles. The normalized spacial score (nSPS) is 18.3. The molecule has 2 aromatic carbocycles. The average molecular weight is 589 g/mol. The van der Waals surface area contributed by atoms with Crippen molar-refractivity contribution in [3.63, 3.8) is 0 Å². The van der Waals surface area contributed by atoms with Gasteiger partial charge >= 0.3 is 5.97 Å². The van der Waals surface area contributed by atoms with Gasteiger partial charge in [-0.15, -0.1) is 11.8 Å². The molecule has 1 heterocycles. The van der Waals surface area contributed by atoms with Gasteiger partial charge in [-0.05, 0) is 50.5 Å². The van der Waals surface area contributed by atoms with Crippen LogP contribution in [0.3, 0.4) is 0 Å². The largest absolute Gasteiger partial charge is 0.480 e. The summed E-state index contributed by atoms with van der Waals surface area (Å²) in [6.07, 6.45) is 1.26.